The number of thioether (sulfide) groups is 1. The van der Waals surface area contributed by atoms with Crippen LogP contribution in [0.2, 0.25) is 0 Å². The Morgan fingerprint density at radius 3 is 2.77 bits per heavy atom. The first-order chi connectivity index (χ1) is 12.5. The number of likely N-dealkylation sites (tertiary alicyclic amines) is 1. The Labute approximate surface area is 154 Å². The molecule has 1 amide bonds. The van der Waals surface area contributed by atoms with Crippen LogP contribution in [0.15, 0.2) is 34.2 Å². The highest BCUT2D eigenvalue weighted by atomic mass is 32.2. The number of carbonyl (C=O) groups excluding carboxylic acids is 1. The molecule has 1 aliphatic rings. The van der Waals surface area contributed by atoms with Crippen LogP contribution in [0.25, 0.3) is 0 Å². The van der Waals surface area contributed by atoms with E-state index in [1.807, 2.05) is 0 Å². The van der Waals surface area contributed by atoms with Crippen LogP contribution in [-0.4, -0.2) is 41.3 Å². The molecule has 2 aromatic rings. The predicted octanol–water partition coefficient (Wildman–Crippen LogP) is 0.514. The number of rotatable bonds is 6. The summed E-state index contributed by atoms with van der Waals surface area (Å²) in [5.74, 6) is -0.697. The summed E-state index contributed by atoms with van der Waals surface area (Å²) in [7, 11) is 0. The van der Waals surface area contributed by atoms with Crippen LogP contribution in [-0.2, 0) is 0 Å². The lowest BCUT2D eigenvalue weighted by Gasteiger charge is -2.11. The average Bonchev–Trinajstić information content (AvgIpc) is 3.12. The van der Waals surface area contributed by atoms with E-state index in [0.29, 0.717) is 5.16 Å². The van der Waals surface area contributed by atoms with Gasteiger partial charge in [0.15, 0.2) is 11.0 Å². The van der Waals surface area contributed by atoms with E-state index in [2.05, 4.69) is 15.3 Å². The number of halogens is 1. The van der Waals surface area contributed by atoms with E-state index in [-0.39, 0.29) is 17.1 Å². The number of aromatic amines is 1. The average molecular weight is 378 g/mol. The van der Waals surface area contributed by atoms with Crippen molar-refractivity contribution in [2.45, 2.75) is 18.0 Å². The Hall–Kier alpha value is -2.39. The number of anilines is 2. The van der Waals surface area contributed by atoms with E-state index in [0.717, 1.165) is 12.3 Å². The van der Waals surface area contributed by atoms with Gasteiger partial charge in [-0.05, 0) is 12.1 Å². The summed E-state index contributed by atoms with van der Waals surface area (Å²) >= 11 is 1.42. The van der Waals surface area contributed by atoms with Crippen LogP contribution in [0.5, 0.6) is 0 Å². The van der Waals surface area contributed by atoms with Gasteiger partial charge in [-0.2, -0.15) is 0 Å². The fourth-order valence-corrected chi connectivity index (χ4v) is 3.81. The molecule has 26 heavy (non-hydrogen) atoms. The van der Waals surface area contributed by atoms with Gasteiger partial charge < -0.3 is 16.0 Å². The molecule has 0 unspecified atom stereocenters. The number of nitrogens with one attached hydrogen (secondary N) is 3. The first-order valence-corrected chi connectivity index (χ1v) is 9.45. The van der Waals surface area contributed by atoms with Crippen LogP contribution >= 0.6 is 11.8 Å². The van der Waals surface area contributed by atoms with E-state index in [4.69, 9.17) is 5.73 Å². The smallest absolute Gasteiger partial charge is 0.277 e. The molecule has 3 rings (SSSR count). The molecule has 1 aliphatic heterocycles. The number of nitrogen functional groups attached to an aromatic ring is 1. The van der Waals surface area contributed by atoms with Crippen LogP contribution in [0.1, 0.15) is 23.2 Å². The third-order valence-corrected chi connectivity index (χ3v) is 5.16. The van der Waals surface area contributed by atoms with E-state index in [1.165, 1.54) is 62.0 Å². The zero-order valence-corrected chi connectivity index (χ0v) is 15.0. The fourth-order valence-electron chi connectivity index (χ4n) is 2.90. The Kier molecular flexibility index (Phi) is 5.89. The highest BCUT2D eigenvalue weighted by molar-refractivity contribution is 7.99. The maximum Gasteiger partial charge on any atom is 0.277 e. The minimum atomic E-state index is -0.750. The van der Waals surface area contributed by atoms with Crippen LogP contribution in [0.3, 0.4) is 0 Å². The summed E-state index contributed by atoms with van der Waals surface area (Å²) in [4.78, 5) is 32.7. The van der Waals surface area contributed by atoms with E-state index < -0.39 is 17.3 Å². The van der Waals surface area contributed by atoms with Crippen LogP contribution in [0, 0.1) is 5.82 Å². The minimum absolute atomic E-state index is 0.0885. The van der Waals surface area contributed by atoms with Gasteiger partial charge in [0, 0.05) is 12.8 Å². The van der Waals surface area contributed by atoms with Crippen molar-refractivity contribution in [3.8, 4) is 0 Å². The van der Waals surface area contributed by atoms with Gasteiger partial charge in [-0.15, -0.1) is 0 Å². The monoisotopic (exact) mass is 378 g/mol. The molecule has 0 saturated carbocycles. The number of benzene rings is 1. The van der Waals surface area contributed by atoms with E-state index >= 15 is 0 Å². The van der Waals surface area contributed by atoms with Gasteiger partial charge in [0.25, 0.3) is 11.5 Å². The molecule has 7 nitrogen and oxygen atoms in total. The van der Waals surface area contributed by atoms with Gasteiger partial charge in [0.2, 0.25) is 0 Å². The summed E-state index contributed by atoms with van der Waals surface area (Å²) < 4.78 is 13.7. The maximum absolute atomic E-state index is 13.7. The lowest BCUT2D eigenvalue weighted by Crippen LogP contribution is -3.10. The molecule has 0 radical (unpaired) electrons. The van der Waals surface area contributed by atoms with Crippen molar-refractivity contribution < 1.29 is 14.1 Å². The topological polar surface area (TPSA) is 105 Å². The molecule has 5 N–H and O–H groups in total. The number of nitrogens with zero attached hydrogens (tertiary/aromatic N) is 1. The molecule has 0 bridgehead atoms. The Morgan fingerprint density at radius 1 is 1.35 bits per heavy atom. The molecule has 9 heteroatoms. The number of aromatic nitrogens is 2. The first kappa shape index (κ1) is 18.4. The maximum atomic E-state index is 13.7. The molecular weight excluding hydrogens is 357 g/mol. The largest absolute Gasteiger partial charge is 0.382 e. The molecule has 138 valence electrons. The van der Waals surface area contributed by atoms with Crippen molar-refractivity contribution in [3.05, 3.63) is 46.0 Å². The van der Waals surface area contributed by atoms with E-state index in [1.54, 1.807) is 4.90 Å². The van der Waals surface area contributed by atoms with Gasteiger partial charge in [-0.25, -0.2) is 9.37 Å². The highest BCUT2D eigenvalue weighted by Gasteiger charge is 2.17. The molecule has 1 aromatic carbocycles. The highest BCUT2D eigenvalue weighted by Crippen LogP contribution is 2.17. The van der Waals surface area contributed by atoms with Gasteiger partial charge in [0.05, 0.1) is 31.0 Å². The second-order valence-corrected chi connectivity index (χ2v) is 7.20. The van der Waals surface area contributed by atoms with Gasteiger partial charge >= 0.3 is 0 Å². The molecule has 1 aromatic heterocycles. The zero-order chi connectivity index (χ0) is 18.5. The summed E-state index contributed by atoms with van der Waals surface area (Å²) in [5.41, 5.74) is 4.92. The second kappa shape index (κ2) is 8.33. The normalized spacial score (nSPS) is 14.5. The standard InChI is InChI=1S/C17H20FN5O2S/c18-12-6-2-1-5-11(12)15(24)20-13-14(19)21-17(22-16(13)25)26-10-9-23-7-3-4-8-23/h1-2,5-6H,3-4,7-10H2,(H,20,24)(H3,19,21,22,25)/p+1. The third kappa shape index (κ3) is 4.41. The van der Waals surface area contributed by atoms with Gasteiger partial charge in [0.1, 0.15) is 11.5 Å². The summed E-state index contributed by atoms with van der Waals surface area (Å²) in [5, 5.41) is 2.75. The fraction of sp³-hybridized carbons (Fsp3) is 0.353. The number of amides is 1. The minimum Gasteiger partial charge on any atom is -0.382 e. The van der Waals surface area contributed by atoms with Gasteiger partial charge in [-0.1, -0.05) is 23.9 Å². The summed E-state index contributed by atoms with van der Waals surface area (Å²) in [6.07, 6.45) is 2.52. The Balaban J connectivity index is 1.66. The quantitative estimate of drug-likeness (QED) is 0.433. The van der Waals surface area contributed by atoms with Crippen molar-refractivity contribution in [3.63, 3.8) is 0 Å². The molecule has 0 aliphatic carbocycles. The predicted molar refractivity (Wildman–Crippen MR) is 99.1 cm³/mol. The van der Waals surface area contributed by atoms with Crippen molar-refractivity contribution in [2.24, 2.45) is 0 Å². The SMILES string of the molecule is Nc1nc(SCC[NH+]2CCCC2)[nH]c(=O)c1NC(=O)c1ccccc1F. The Bertz CT molecular complexity index is 851. The van der Waals surface area contributed by atoms with Crippen molar-refractivity contribution >= 4 is 29.2 Å². The molecule has 1 saturated heterocycles. The lowest BCUT2D eigenvalue weighted by molar-refractivity contribution is -0.884. The number of hydrogen-bond acceptors (Lipinski definition) is 5. The van der Waals surface area contributed by atoms with Crippen LogP contribution in [0.4, 0.5) is 15.9 Å². The number of carbonyl (C=O) groups is 1. The van der Waals surface area contributed by atoms with E-state index in [9.17, 15) is 14.0 Å². The van der Waals surface area contributed by atoms with Gasteiger partial charge in [-0.3, -0.25) is 14.6 Å². The molecule has 2 heterocycles. The zero-order valence-electron chi connectivity index (χ0n) is 14.2. The van der Waals surface area contributed by atoms with Crippen molar-refractivity contribution in [2.75, 3.05) is 36.4 Å². The second-order valence-electron chi connectivity index (χ2n) is 6.12. The molecule has 0 atom stereocenters. The summed E-state index contributed by atoms with van der Waals surface area (Å²) in [6, 6.07) is 5.51. The number of hydrogen-bond donors (Lipinski definition) is 4. The molecule has 0 spiro atoms. The Morgan fingerprint density at radius 2 is 2.08 bits per heavy atom. The molecule has 1 fully saturated rings. The van der Waals surface area contributed by atoms with Crippen molar-refractivity contribution in [1.82, 2.24) is 9.97 Å². The van der Waals surface area contributed by atoms with Crippen molar-refractivity contribution in [1.29, 1.82) is 0 Å². The number of nitrogens with two attached hydrogens (primary N) is 1. The van der Waals surface area contributed by atoms with Crippen LogP contribution < -0.4 is 21.5 Å². The number of H-pyrrole nitrogens is 1. The lowest BCUT2D eigenvalue weighted by atomic mass is 10.2. The first-order valence-electron chi connectivity index (χ1n) is 8.46. The summed E-state index contributed by atoms with van der Waals surface area (Å²) in [6.45, 7) is 3.38. The molecular formula is C17H21FN5O2S+. The number of quaternary nitrogens is 1. The third-order valence-electron chi connectivity index (χ3n) is 4.29.